The quantitative estimate of drug-likeness (QED) is 0.710. The number of rotatable bonds is 5. The minimum atomic E-state index is -4.62. The first-order valence-corrected chi connectivity index (χ1v) is 10.3. The molecule has 0 aliphatic rings. The van der Waals surface area contributed by atoms with Gasteiger partial charge in [-0.3, -0.25) is 9.10 Å². The molecule has 0 saturated heterocycles. The van der Waals surface area contributed by atoms with Crippen molar-refractivity contribution in [3.63, 3.8) is 0 Å². The van der Waals surface area contributed by atoms with E-state index in [0.29, 0.717) is 16.7 Å². The van der Waals surface area contributed by atoms with Crippen molar-refractivity contribution in [2.45, 2.75) is 13.1 Å². The smallest absolute Gasteiger partial charge is 0.323 e. The molecule has 0 saturated carbocycles. The molecule has 1 amide bonds. The minimum Gasteiger partial charge on any atom is -0.323 e. The zero-order valence-electron chi connectivity index (χ0n) is 14.6. The van der Waals surface area contributed by atoms with Crippen LogP contribution in [0.5, 0.6) is 0 Å². The monoisotopic (exact) mass is 454 g/mol. The Morgan fingerprint density at radius 2 is 1.75 bits per heavy atom. The average Bonchev–Trinajstić information content (AvgIpc) is 2.55. The van der Waals surface area contributed by atoms with Gasteiger partial charge in [0.1, 0.15) is 6.54 Å². The van der Waals surface area contributed by atoms with Crippen molar-refractivity contribution in [3.05, 3.63) is 57.6 Å². The standard InChI is InChI=1S/C17H15Cl2F3N2O3S/c1-10-3-5-12(8-14(10)19)24(28(2,26)27)9-16(25)23-15-7-11(17(20,21)22)4-6-13(15)18/h3-8H,9H2,1-2H3,(H,23,25). The third-order valence-electron chi connectivity index (χ3n) is 3.70. The van der Waals surface area contributed by atoms with E-state index in [9.17, 15) is 26.4 Å². The van der Waals surface area contributed by atoms with Crippen molar-refractivity contribution in [2.75, 3.05) is 22.4 Å². The van der Waals surface area contributed by atoms with Crippen LogP contribution in [0.15, 0.2) is 36.4 Å². The van der Waals surface area contributed by atoms with E-state index in [2.05, 4.69) is 5.32 Å². The van der Waals surface area contributed by atoms with Gasteiger partial charge in [0.15, 0.2) is 0 Å². The van der Waals surface area contributed by atoms with Gasteiger partial charge in [0.2, 0.25) is 15.9 Å². The highest BCUT2D eigenvalue weighted by atomic mass is 35.5. The summed E-state index contributed by atoms with van der Waals surface area (Å²) in [5, 5.41) is 2.39. The molecule has 5 nitrogen and oxygen atoms in total. The summed E-state index contributed by atoms with van der Waals surface area (Å²) < 4.78 is 63.5. The zero-order valence-corrected chi connectivity index (χ0v) is 17.0. The Kier molecular flexibility index (Phi) is 6.52. The second kappa shape index (κ2) is 8.18. The highest BCUT2D eigenvalue weighted by Gasteiger charge is 2.31. The van der Waals surface area contributed by atoms with Crippen LogP contribution < -0.4 is 9.62 Å². The number of alkyl halides is 3. The summed E-state index contributed by atoms with van der Waals surface area (Å²) in [4.78, 5) is 12.3. The molecule has 0 atom stereocenters. The van der Waals surface area contributed by atoms with E-state index in [1.165, 1.54) is 12.1 Å². The third kappa shape index (κ3) is 5.52. The second-order valence-corrected chi connectivity index (χ2v) is 8.66. The van der Waals surface area contributed by atoms with Crippen molar-refractivity contribution >= 4 is 50.5 Å². The molecule has 0 aromatic heterocycles. The van der Waals surface area contributed by atoms with E-state index in [0.717, 1.165) is 22.7 Å². The molecule has 0 spiro atoms. The fourth-order valence-electron chi connectivity index (χ4n) is 2.25. The Hall–Kier alpha value is -1.97. The van der Waals surface area contributed by atoms with Crippen LogP contribution in [0, 0.1) is 6.92 Å². The number of nitrogens with zero attached hydrogens (tertiary/aromatic N) is 1. The summed E-state index contributed by atoms with van der Waals surface area (Å²) in [5.74, 6) is -0.872. The summed E-state index contributed by atoms with van der Waals surface area (Å²) in [6.45, 7) is 1.05. The number of halogens is 5. The normalized spacial score (nSPS) is 12.0. The molecule has 1 N–H and O–H groups in total. The Bertz CT molecular complexity index is 1010. The number of aryl methyl sites for hydroxylation is 1. The maximum absolute atomic E-state index is 12.8. The lowest BCUT2D eigenvalue weighted by atomic mass is 10.2. The molecule has 11 heteroatoms. The lowest BCUT2D eigenvalue weighted by Crippen LogP contribution is -2.37. The molecule has 0 radical (unpaired) electrons. The fourth-order valence-corrected chi connectivity index (χ4v) is 3.44. The molecule has 2 rings (SSSR count). The van der Waals surface area contributed by atoms with Gasteiger partial charge in [0.25, 0.3) is 0 Å². The molecule has 0 aliphatic heterocycles. The number of sulfonamides is 1. The van der Waals surface area contributed by atoms with Crippen LogP contribution in [0.2, 0.25) is 10.0 Å². The zero-order chi connectivity index (χ0) is 21.3. The number of nitrogens with one attached hydrogen (secondary N) is 1. The number of carbonyl (C=O) groups excluding carboxylic acids is 1. The second-order valence-electron chi connectivity index (χ2n) is 5.94. The van der Waals surface area contributed by atoms with Crippen LogP contribution in [0.4, 0.5) is 24.5 Å². The first-order chi connectivity index (χ1) is 12.8. The summed E-state index contributed by atoms with van der Waals surface area (Å²) in [6, 6.07) is 6.86. The van der Waals surface area contributed by atoms with Gasteiger partial charge in [0, 0.05) is 5.02 Å². The highest BCUT2D eigenvalue weighted by molar-refractivity contribution is 7.92. The summed E-state index contributed by atoms with van der Waals surface area (Å²) >= 11 is 11.8. The lowest BCUT2D eigenvalue weighted by Gasteiger charge is -2.22. The highest BCUT2D eigenvalue weighted by Crippen LogP contribution is 2.34. The maximum Gasteiger partial charge on any atom is 0.416 e. The fraction of sp³-hybridized carbons (Fsp3) is 0.235. The van der Waals surface area contributed by atoms with E-state index >= 15 is 0 Å². The number of benzene rings is 2. The molecule has 0 aliphatic carbocycles. The summed E-state index contributed by atoms with van der Waals surface area (Å²) in [6.07, 6.45) is -3.73. The van der Waals surface area contributed by atoms with E-state index in [-0.39, 0.29) is 16.4 Å². The molecule has 2 aromatic carbocycles. The number of hydrogen-bond acceptors (Lipinski definition) is 3. The van der Waals surface area contributed by atoms with Crippen LogP contribution in [0.3, 0.4) is 0 Å². The van der Waals surface area contributed by atoms with Gasteiger partial charge < -0.3 is 5.32 Å². The van der Waals surface area contributed by atoms with Crippen molar-refractivity contribution in [1.29, 1.82) is 0 Å². The molecule has 0 fully saturated rings. The van der Waals surface area contributed by atoms with E-state index in [4.69, 9.17) is 23.2 Å². The molecule has 0 heterocycles. The molecule has 152 valence electrons. The third-order valence-corrected chi connectivity index (χ3v) is 5.58. The van der Waals surface area contributed by atoms with Gasteiger partial charge in [-0.25, -0.2) is 8.42 Å². The predicted octanol–water partition coefficient (Wildman–Crippen LogP) is 4.73. The van der Waals surface area contributed by atoms with Gasteiger partial charge in [-0.2, -0.15) is 13.2 Å². The van der Waals surface area contributed by atoms with Crippen molar-refractivity contribution in [1.82, 2.24) is 0 Å². The first-order valence-electron chi connectivity index (χ1n) is 7.69. The summed E-state index contributed by atoms with van der Waals surface area (Å²) in [5.41, 5.74) is -0.433. The van der Waals surface area contributed by atoms with E-state index in [1.54, 1.807) is 13.0 Å². The van der Waals surface area contributed by atoms with Crippen LogP contribution in [-0.2, 0) is 21.0 Å². The first kappa shape index (κ1) is 22.3. The van der Waals surface area contributed by atoms with E-state index < -0.39 is 34.2 Å². The van der Waals surface area contributed by atoms with Gasteiger partial charge in [-0.15, -0.1) is 0 Å². The Balaban J connectivity index is 2.29. The van der Waals surface area contributed by atoms with E-state index in [1.807, 2.05) is 0 Å². The predicted molar refractivity (Wildman–Crippen MR) is 103 cm³/mol. The molecule has 0 unspecified atom stereocenters. The minimum absolute atomic E-state index is 0.120. The van der Waals surface area contributed by atoms with Crippen molar-refractivity contribution in [3.8, 4) is 0 Å². The number of anilines is 2. The lowest BCUT2D eigenvalue weighted by molar-refractivity contribution is -0.137. The average molecular weight is 455 g/mol. The molecule has 28 heavy (non-hydrogen) atoms. The van der Waals surface area contributed by atoms with Crippen LogP contribution >= 0.6 is 23.2 Å². The van der Waals surface area contributed by atoms with Crippen LogP contribution in [0.25, 0.3) is 0 Å². The Labute approximate surface area is 170 Å². The molecular weight excluding hydrogens is 440 g/mol. The van der Waals surface area contributed by atoms with Gasteiger partial charge in [0.05, 0.1) is 28.2 Å². The number of amides is 1. The molecular formula is C17H15Cl2F3N2O3S. The SMILES string of the molecule is Cc1ccc(N(CC(=O)Nc2cc(C(F)(F)F)ccc2Cl)S(C)(=O)=O)cc1Cl. The largest absolute Gasteiger partial charge is 0.416 e. The topological polar surface area (TPSA) is 66.5 Å². The number of hydrogen-bond donors (Lipinski definition) is 1. The Morgan fingerprint density at radius 1 is 1.11 bits per heavy atom. The van der Waals surface area contributed by atoms with Gasteiger partial charge in [-0.05, 0) is 42.8 Å². The Morgan fingerprint density at radius 3 is 2.29 bits per heavy atom. The van der Waals surface area contributed by atoms with Crippen LogP contribution in [-0.4, -0.2) is 27.1 Å². The van der Waals surface area contributed by atoms with Crippen molar-refractivity contribution < 1.29 is 26.4 Å². The van der Waals surface area contributed by atoms with Crippen molar-refractivity contribution in [2.24, 2.45) is 0 Å². The molecule has 0 bridgehead atoms. The number of carbonyl (C=O) groups is 1. The maximum atomic E-state index is 12.8. The van der Waals surface area contributed by atoms with Gasteiger partial charge >= 0.3 is 6.18 Å². The molecule has 2 aromatic rings. The summed E-state index contributed by atoms with van der Waals surface area (Å²) in [7, 11) is -3.88. The van der Waals surface area contributed by atoms with Gasteiger partial charge in [-0.1, -0.05) is 29.3 Å². The van der Waals surface area contributed by atoms with Crippen LogP contribution in [0.1, 0.15) is 11.1 Å².